The number of ether oxygens (including phenoxy) is 2. The SMILES string of the molecule is COC(=O)C1(C(=O)OC)Cc2c(C)c(CCO[Si](C)(C)C(C)(C)C)c(B3N(Cc4ccccc4)c4cccc5cccc(c45)N3P(c3ccccc3)c3ccccc3)c(C)c2C1. The number of benzene rings is 6. The van der Waals surface area contributed by atoms with Crippen molar-refractivity contribution in [1.29, 1.82) is 0 Å². The summed E-state index contributed by atoms with van der Waals surface area (Å²) in [4.78, 5) is 30.4. The molecule has 0 radical (unpaired) electrons. The minimum absolute atomic E-state index is 0.0373. The Balaban J connectivity index is 1.47. The molecule has 318 valence electrons. The van der Waals surface area contributed by atoms with Crippen LogP contribution in [0.2, 0.25) is 18.1 Å². The van der Waals surface area contributed by atoms with Crippen molar-refractivity contribution in [3.05, 3.63) is 161 Å². The molecule has 10 heteroatoms. The van der Waals surface area contributed by atoms with Crippen molar-refractivity contribution in [3.63, 3.8) is 0 Å². The third-order valence-electron chi connectivity index (χ3n) is 13.8. The summed E-state index contributed by atoms with van der Waals surface area (Å²) in [6.45, 7) is 16.7. The van der Waals surface area contributed by atoms with Gasteiger partial charge in [0.2, 0.25) is 0 Å². The van der Waals surface area contributed by atoms with Gasteiger partial charge in [-0.05, 0) is 105 Å². The van der Waals surface area contributed by atoms with Crippen LogP contribution in [-0.2, 0) is 49.3 Å². The average molecular weight is 861 g/mol. The first-order valence-electron chi connectivity index (χ1n) is 21.7. The number of carbonyl (C=O) groups excluding carboxylic acids is 2. The summed E-state index contributed by atoms with van der Waals surface area (Å²) in [6.07, 6.45) is 1.08. The van der Waals surface area contributed by atoms with Gasteiger partial charge in [-0.15, -0.1) is 0 Å². The van der Waals surface area contributed by atoms with Crippen LogP contribution < -0.4 is 25.5 Å². The van der Waals surface area contributed by atoms with Crippen LogP contribution >= 0.6 is 8.07 Å². The first kappa shape index (κ1) is 43.4. The van der Waals surface area contributed by atoms with E-state index < -0.39 is 33.7 Å². The Morgan fingerprint density at radius 1 is 0.710 bits per heavy atom. The van der Waals surface area contributed by atoms with Crippen LogP contribution in [0, 0.1) is 19.3 Å². The Bertz CT molecular complexity index is 2560. The van der Waals surface area contributed by atoms with Gasteiger partial charge >= 0.3 is 18.9 Å². The van der Waals surface area contributed by atoms with Gasteiger partial charge in [-0.3, -0.25) is 9.59 Å². The first-order chi connectivity index (χ1) is 29.7. The normalized spacial score (nSPS) is 14.6. The molecule has 6 aromatic rings. The lowest BCUT2D eigenvalue weighted by Crippen LogP contribution is -2.63. The Morgan fingerprint density at radius 2 is 1.23 bits per heavy atom. The summed E-state index contributed by atoms with van der Waals surface area (Å²) in [5, 5.41) is 4.92. The Hall–Kier alpha value is -5.21. The van der Waals surface area contributed by atoms with Crippen molar-refractivity contribution in [2.24, 2.45) is 5.41 Å². The first-order valence-corrected chi connectivity index (χ1v) is 25.9. The second kappa shape index (κ2) is 17.2. The summed E-state index contributed by atoms with van der Waals surface area (Å²) in [5.41, 5.74) is 8.65. The van der Waals surface area contributed by atoms with Gasteiger partial charge in [-0.1, -0.05) is 136 Å². The van der Waals surface area contributed by atoms with Gasteiger partial charge in [-0.25, -0.2) is 0 Å². The molecule has 62 heavy (non-hydrogen) atoms. The predicted molar refractivity (Wildman–Crippen MR) is 260 cm³/mol. The molecule has 0 bridgehead atoms. The fourth-order valence-corrected chi connectivity index (χ4v) is 13.1. The molecule has 1 heterocycles. The third kappa shape index (κ3) is 7.56. The lowest BCUT2D eigenvalue weighted by Gasteiger charge is -2.49. The zero-order chi connectivity index (χ0) is 44.0. The molecular formula is C52H58BN2O5PSi. The molecule has 1 aliphatic carbocycles. The Morgan fingerprint density at radius 3 is 1.76 bits per heavy atom. The molecule has 6 aromatic carbocycles. The second-order valence-electron chi connectivity index (χ2n) is 18.3. The molecule has 2 aliphatic rings. The van der Waals surface area contributed by atoms with Gasteiger partial charge in [-0.2, -0.15) is 0 Å². The van der Waals surface area contributed by atoms with Crippen molar-refractivity contribution in [3.8, 4) is 0 Å². The number of methoxy groups -OCH3 is 2. The molecule has 0 amide bonds. The van der Waals surface area contributed by atoms with Crippen molar-refractivity contribution in [1.82, 2.24) is 0 Å². The number of fused-ring (bicyclic) bond motifs is 1. The number of esters is 2. The van der Waals surface area contributed by atoms with E-state index >= 15 is 0 Å². The zero-order valence-corrected chi connectivity index (χ0v) is 39.5. The van der Waals surface area contributed by atoms with Crippen LogP contribution in [0.3, 0.4) is 0 Å². The molecule has 8 rings (SSSR count). The summed E-state index contributed by atoms with van der Waals surface area (Å²) >= 11 is 0. The topological polar surface area (TPSA) is 68.3 Å². The monoisotopic (exact) mass is 860 g/mol. The van der Waals surface area contributed by atoms with Crippen LogP contribution in [0.4, 0.5) is 11.4 Å². The van der Waals surface area contributed by atoms with Crippen LogP contribution in [0.1, 0.15) is 54.2 Å². The van der Waals surface area contributed by atoms with Gasteiger partial charge in [0.1, 0.15) is 0 Å². The number of hydrogen-bond donors (Lipinski definition) is 0. The maximum atomic E-state index is 13.9. The largest absolute Gasteiger partial charge is 0.468 e. The molecule has 7 nitrogen and oxygen atoms in total. The second-order valence-corrected chi connectivity index (χ2v) is 25.2. The number of rotatable bonds is 12. The lowest BCUT2D eigenvalue weighted by molar-refractivity contribution is -0.168. The van der Waals surface area contributed by atoms with Crippen LogP contribution in [-0.4, -0.2) is 48.1 Å². The van der Waals surface area contributed by atoms with E-state index in [0.717, 1.165) is 22.3 Å². The molecule has 0 N–H and O–H groups in total. The van der Waals surface area contributed by atoms with Gasteiger partial charge < -0.3 is 23.3 Å². The summed E-state index contributed by atoms with van der Waals surface area (Å²) < 4.78 is 20.6. The average Bonchev–Trinajstić information content (AvgIpc) is 3.70. The molecule has 0 aromatic heterocycles. The summed E-state index contributed by atoms with van der Waals surface area (Å²) in [7, 11) is -0.609. The maximum absolute atomic E-state index is 13.9. The van der Waals surface area contributed by atoms with E-state index in [1.165, 1.54) is 63.6 Å². The Labute approximate surface area is 370 Å². The van der Waals surface area contributed by atoms with Crippen LogP contribution in [0.5, 0.6) is 0 Å². The van der Waals surface area contributed by atoms with E-state index in [9.17, 15) is 9.59 Å². The van der Waals surface area contributed by atoms with E-state index in [-0.39, 0.29) is 24.9 Å². The highest BCUT2D eigenvalue weighted by Gasteiger charge is 2.55. The standard InChI is InChI=1S/C52H58BN2O5PSi/c1-36-42(31-32-60-62(8,9)51(3,4)5)48(37(2)44-34-52(33-43(36)44,49(56)58-6)50(57)59-7)53-54(35-38-21-13-10-14-22-38)45-29-19-23-39-24-20-30-46(47(39)45)55(53)61(40-25-15-11-16-26-40)41-27-17-12-18-28-41/h10-30H,31-35H2,1-9H3. The molecule has 0 saturated carbocycles. The third-order valence-corrected chi connectivity index (χ3v) is 20.8. The van der Waals surface area contributed by atoms with E-state index in [2.05, 4.69) is 184 Å². The highest BCUT2D eigenvalue weighted by molar-refractivity contribution is 7.76. The van der Waals surface area contributed by atoms with E-state index in [1.54, 1.807) is 0 Å². The number of nitrogens with zero attached hydrogens (tertiary/aromatic N) is 2. The quantitative estimate of drug-likeness (QED) is 0.0526. The molecule has 0 unspecified atom stereocenters. The predicted octanol–water partition coefficient (Wildman–Crippen LogP) is 9.72. The molecule has 0 spiro atoms. The van der Waals surface area contributed by atoms with Gasteiger partial charge in [0, 0.05) is 50.8 Å². The van der Waals surface area contributed by atoms with Crippen molar-refractivity contribution < 1.29 is 23.5 Å². The van der Waals surface area contributed by atoms with Crippen molar-refractivity contribution in [2.45, 2.75) is 78.6 Å². The number of hydrogen-bond acceptors (Lipinski definition) is 7. The molecule has 0 atom stereocenters. The minimum atomic E-state index is -2.13. The highest BCUT2D eigenvalue weighted by atomic mass is 31.1. The number of carbonyl (C=O) groups is 2. The van der Waals surface area contributed by atoms with E-state index in [4.69, 9.17) is 13.9 Å². The van der Waals surface area contributed by atoms with Crippen molar-refractivity contribution >= 4 is 73.5 Å². The Kier molecular flexibility index (Phi) is 12.0. The fourth-order valence-electron chi connectivity index (χ4n) is 9.54. The van der Waals surface area contributed by atoms with Gasteiger partial charge in [0.25, 0.3) is 0 Å². The summed E-state index contributed by atoms with van der Waals surface area (Å²) in [6, 6.07) is 46.0. The minimum Gasteiger partial charge on any atom is -0.468 e. The lowest BCUT2D eigenvalue weighted by atomic mass is 9.58. The van der Waals surface area contributed by atoms with Crippen LogP contribution in [0.15, 0.2) is 127 Å². The van der Waals surface area contributed by atoms with Crippen LogP contribution in [0.25, 0.3) is 10.8 Å². The smallest absolute Gasteiger partial charge is 0.416 e. The molecule has 0 fully saturated rings. The molecule has 1 aliphatic heterocycles. The van der Waals surface area contributed by atoms with Crippen molar-refractivity contribution in [2.75, 3.05) is 30.2 Å². The van der Waals surface area contributed by atoms with Gasteiger partial charge in [0.15, 0.2) is 13.7 Å². The summed E-state index contributed by atoms with van der Waals surface area (Å²) in [5.74, 6) is -1.13. The van der Waals surface area contributed by atoms with E-state index in [1.807, 2.05) is 0 Å². The maximum Gasteiger partial charge on any atom is 0.416 e. The number of anilines is 2. The fraction of sp³-hybridized carbons (Fsp3) is 0.308. The van der Waals surface area contributed by atoms with E-state index in [0.29, 0.717) is 19.6 Å². The molecule has 0 saturated heterocycles. The highest BCUT2D eigenvalue weighted by Crippen LogP contribution is 2.52. The zero-order valence-electron chi connectivity index (χ0n) is 37.6. The van der Waals surface area contributed by atoms with Gasteiger partial charge in [0.05, 0.1) is 14.2 Å². The molecular weight excluding hydrogens is 802 g/mol.